The van der Waals surface area contributed by atoms with Crippen molar-refractivity contribution in [2.45, 2.75) is 52.4 Å². The molecule has 0 aromatic heterocycles. The van der Waals surface area contributed by atoms with Gasteiger partial charge in [-0.2, -0.15) is 0 Å². The Bertz CT molecular complexity index is 568. The van der Waals surface area contributed by atoms with Gasteiger partial charge in [-0.15, -0.1) is 0 Å². The molecule has 0 atom stereocenters. The van der Waals surface area contributed by atoms with Gasteiger partial charge in [-0.3, -0.25) is 4.79 Å². The lowest BCUT2D eigenvalue weighted by Gasteiger charge is -2.29. The summed E-state index contributed by atoms with van der Waals surface area (Å²) in [7, 11) is 3.24. The van der Waals surface area contributed by atoms with Gasteiger partial charge < -0.3 is 19.5 Å². The van der Waals surface area contributed by atoms with Crippen LogP contribution < -0.4 is 0 Å². The number of phenolic OH excluding ortho intramolecular Hbond substituents is 1. The standard InChI is InChI=1S/C21H35NO4/c1-20(2,3)16-13-15(14-17(18(16)23)21(4,5)6)19(24)22(9-11-25-7)10-12-26-8/h13-14,23H,9-12H2,1-8H3. The van der Waals surface area contributed by atoms with Crippen molar-refractivity contribution in [2.75, 3.05) is 40.5 Å². The third-order valence-corrected chi connectivity index (χ3v) is 4.39. The molecule has 0 fully saturated rings. The van der Waals surface area contributed by atoms with Crippen LogP contribution in [0, 0.1) is 0 Å². The van der Waals surface area contributed by atoms with Crippen LogP contribution in [0.2, 0.25) is 0 Å². The van der Waals surface area contributed by atoms with Crippen molar-refractivity contribution in [3.8, 4) is 5.75 Å². The molecule has 1 rings (SSSR count). The summed E-state index contributed by atoms with van der Waals surface area (Å²) in [4.78, 5) is 14.9. The molecular formula is C21H35NO4. The largest absolute Gasteiger partial charge is 0.507 e. The molecule has 0 unspecified atom stereocenters. The topological polar surface area (TPSA) is 59.0 Å². The van der Waals surface area contributed by atoms with E-state index < -0.39 is 0 Å². The van der Waals surface area contributed by atoms with Crippen LogP contribution in [0.25, 0.3) is 0 Å². The lowest BCUT2D eigenvalue weighted by Crippen LogP contribution is -2.37. The van der Waals surface area contributed by atoms with Crippen molar-refractivity contribution in [3.63, 3.8) is 0 Å². The van der Waals surface area contributed by atoms with E-state index in [0.717, 1.165) is 11.1 Å². The molecule has 0 bridgehead atoms. The quantitative estimate of drug-likeness (QED) is 0.800. The van der Waals surface area contributed by atoms with Crippen molar-refractivity contribution >= 4 is 5.91 Å². The summed E-state index contributed by atoms with van der Waals surface area (Å²) in [6.07, 6.45) is 0. The van der Waals surface area contributed by atoms with E-state index in [-0.39, 0.29) is 22.5 Å². The highest BCUT2D eigenvalue weighted by Gasteiger charge is 2.28. The number of phenols is 1. The summed E-state index contributed by atoms with van der Waals surface area (Å²) in [6.45, 7) is 14.1. The van der Waals surface area contributed by atoms with Gasteiger partial charge in [0, 0.05) is 44.0 Å². The first kappa shape index (κ1) is 22.5. The number of rotatable bonds is 7. The normalized spacial score (nSPS) is 12.3. The van der Waals surface area contributed by atoms with Crippen LogP contribution in [0.3, 0.4) is 0 Å². The van der Waals surface area contributed by atoms with E-state index in [1.165, 1.54) is 0 Å². The van der Waals surface area contributed by atoms with E-state index >= 15 is 0 Å². The average molecular weight is 366 g/mol. The molecule has 0 spiro atoms. The van der Waals surface area contributed by atoms with Crippen LogP contribution in [0.5, 0.6) is 5.75 Å². The highest BCUT2D eigenvalue weighted by atomic mass is 16.5. The van der Waals surface area contributed by atoms with Gasteiger partial charge in [0.2, 0.25) is 0 Å². The summed E-state index contributed by atoms with van der Waals surface area (Å²) in [5, 5.41) is 10.8. The first-order chi connectivity index (χ1) is 11.9. The maximum absolute atomic E-state index is 13.2. The van der Waals surface area contributed by atoms with Gasteiger partial charge in [0.1, 0.15) is 5.75 Å². The molecule has 0 saturated carbocycles. The van der Waals surface area contributed by atoms with Gasteiger partial charge in [-0.05, 0) is 23.0 Å². The van der Waals surface area contributed by atoms with Crippen LogP contribution in [0.4, 0.5) is 0 Å². The smallest absolute Gasteiger partial charge is 0.254 e. The third-order valence-electron chi connectivity index (χ3n) is 4.39. The van der Waals surface area contributed by atoms with E-state index in [1.807, 2.05) is 53.7 Å². The summed E-state index contributed by atoms with van der Waals surface area (Å²) >= 11 is 0. The molecule has 148 valence electrons. The van der Waals surface area contributed by atoms with Gasteiger partial charge in [-0.25, -0.2) is 0 Å². The molecule has 26 heavy (non-hydrogen) atoms. The number of ether oxygens (including phenoxy) is 2. The molecular weight excluding hydrogens is 330 g/mol. The zero-order valence-corrected chi connectivity index (χ0v) is 17.6. The Morgan fingerprint density at radius 2 is 1.31 bits per heavy atom. The predicted molar refractivity (Wildman–Crippen MR) is 105 cm³/mol. The molecule has 0 heterocycles. The Morgan fingerprint density at radius 1 is 0.923 bits per heavy atom. The number of aromatic hydroxyl groups is 1. The number of hydrogen-bond donors (Lipinski definition) is 1. The third kappa shape index (κ3) is 5.71. The molecule has 5 heteroatoms. The van der Waals surface area contributed by atoms with Crippen LogP contribution in [-0.4, -0.2) is 56.4 Å². The molecule has 0 aliphatic carbocycles. The van der Waals surface area contributed by atoms with Gasteiger partial charge in [0.25, 0.3) is 5.91 Å². The zero-order valence-electron chi connectivity index (χ0n) is 17.6. The Balaban J connectivity index is 3.42. The van der Waals surface area contributed by atoms with E-state index in [0.29, 0.717) is 31.9 Å². The SMILES string of the molecule is COCCN(CCOC)C(=O)c1cc(C(C)(C)C)c(O)c(C(C)(C)C)c1. The number of carbonyl (C=O) groups is 1. The summed E-state index contributed by atoms with van der Waals surface area (Å²) < 4.78 is 10.3. The molecule has 0 saturated heterocycles. The summed E-state index contributed by atoms with van der Waals surface area (Å²) in [5.41, 5.74) is 1.61. The second-order valence-electron chi connectivity index (χ2n) is 8.70. The molecule has 5 nitrogen and oxygen atoms in total. The Morgan fingerprint density at radius 3 is 1.62 bits per heavy atom. The number of methoxy groups -OCH3 is 2. The fourth-order valence-corrected chi connectivity index (χ4v) is 2.80. The van der Waals surface area contributed by atoms with Crippen LogP contribution in [-0.2, 0) is 20.3 Å². The minimum atomic E-state index is -0.274. The maximum atomic E-state index is 13.2. The van der Waals surface area contributed by atoms with Gasteiger partial charge >= 0.3 is 0 Å². The summed E-state index contributed by atoms with van der Waals surface area (Å²) in [6, 6.07) is 3.64. The molecule has 1 N–H and O–H groups in total. The van der Waals surface area contributed by atoms with E-state index in [1.54, 1.807) is 19.1 Å². The van der Waals surface area contributed by atoms with Crippen molar-refractivity contribution < 1.29 is 19.4 Å². The first-order valence-corrected chi connectivity index (χ1v) is 9.08. The molecule has 0 radical (unpaired) electrons. The molecule has 0 aliphatic heterocycles. The molecule has 1 amide bonds. The first-order valence-electron chi connectivity index (χ1n) is 9.08. The predicted octanol–water partition coefficient (Wildman–Crippen LogP) is 3.72. The number of carbonyl (C=O) groups excluding carboxylic acids is 1. The maximum Gasteiger partial charge on any atom is 0.254 e. The molecule has 1 aromatic rings. The number of benzene rings is 1. The van der Waals surface area contributed by atoms with Gasteiger partial charge in [0.15, 0.2) is 0 Å². The van der Waals surface area contributed by atoms with E-state index in [2.05, 4.69) is 0 Å². The molecule has 0 aliphatic rings. The lowest BCUT2D eigenvalue weighted by atomic mass is 9.78. The molecule has 1 aromatic carbocycles. The fourth-order valence-electron chi connectivity index (χ4n) is 2.80. The highest BCUT2D eigenvalue weighted by Crippen LogP contribution is 2.39. The van der Waals surface area contributed by atoms with Crippen LogP contribution >= 0.6 is 0 Å². The number of amides is 1. The number of nitrogens with zero attached hydrogens (tertiary/aromatic N) is 1. The van der Waals surface area contributed by atoms with Gasteiger partial charge in [-0.1, -0.05) is 41.5 Å². The minimum Gasteiger partial charge on any atom is -0.507 e. The lowest BCUT2D eigenvalue weighted by molar-refractivity contribution is 0.0627. The minimum absolute atomic E-state index is 0.0740. The monoisotopic (exact) mass is 365 g/mol. The Kier molecular flexibility index (Phi) is 7.66. The van der Waals surface area contributed by atoms with Crippen molar-refractivity contribution in [1.82, 2.24) is 4.90 Å². The summed E-state index contributed by atoms with van der Waals surface area (Å²) in [5.74, 6) is 0.206. The van der Waals surface area contributed by atoms with Crippen molar-refractivity contribution in [2.24, 2.45) is 0 Å². The second-order valence-corrected chi connectivity index (χ2v) is 8.70. The van der Waals surface area contributed by atoms with Crippen molar-refractivity contribution in [3.05, 3.63) is 28.8 Å². The average Bonchev–Trinajstić information content (AvgIpc) is 2.52. The van der Waals surface area contributed by atoms with Crippen molar-refractivity contribution in [1.29, 1.82) is 0 Å². The second kappa shape index (κ2) is 8.87. The van der Waals surface area contributed by atoms with E-state index in [9.17, 15) is 9.90 Å². The highest BCUT2D eigenvalue weighted by molar-refractivity contribution is 5.95. The van der Waals surface area contributed by atoms with E-state index in [4.69, 9.17) is 9.47 Å². The Hall–Kier alpha value is -1.59. The zero-order chi connectivity index (χ0) is 20.1. The van der Waals surface area contributed by atoms with Gasteiger partial charge in [0.05, 0.1) is 13.2 Å². The van der Waals surface area contributed by atoms with Crippen LogP contribution in [0.15, 0.2) is 12.1 Å². The van der Waals surface area contributed by atoms with Crippen LogP contribution in [0.1, 0.15) is 63.0 Å². The fraction of sp³-hybridized carbons (Fsp3) is 0.667. The number of hydrogen-bond acceptors (Lipinski definition) is 4. The Labute approximate surface area is 158 Å².